The topological polar surface area (TPSA) is 39.7 Å². The third-order valence-corrected chi connectivity index (χ3v) is 2.80. The van der Waals surface area contributed by atoms with E-state index in [0.717, 1.165) is 50.6 Å². The molecule has 1 N–H and O–H groups in total. The average molecular weight is 267 g/mol. The summed E-state index contributed by atoms with van der Waals surface area (Å²) >= 11 is 0. The van der Waals surface area contributed by atoms with E-state index in [9.17, 15) is 0 Å². The minimum Gasteiger partial charge on any atom is -0.493 e. The molecule has 4 heteroatoms. The number of unbranched alkanes of at least 4 members (excludes halogenated alkanes) is 1. The fourth-order valence-electron chi connectivity index (χ4n) is 1.67. The van der Waals surface area contributed by atoms with Crippen LogP contribution < -0.4 is 14.8 Å². The van der Waals surface area contributed by atoms with Crippen LogP contribution in [0.15, 0.2) is 18.2 Å². The maximum atomic E-state index is 5.70. The quantitative estimate of drug-likeness (QED) is 0.661. The number of hydrogen-bond donors (Lipinski definition) is 1. The lowest BCUT2D eigenvalue weighted by Gasteiger charge is -2.12. The Kier molecular flexibility index (Phi) is 8.02. The summed E-state index contributed by atoms with van der Waals surface area (Å²) in [5.41, 5.74) is 1.18. The Morgan fingerprint density at radius 2 is 1.95 bits per heavy atom. The molecule has 108 valence electrons. The van der Waals surface area contributed by atoms with Gasteiger partial charge in [-0.05, 0) is 24.1 Å². The molecule has 1 rings (SSSR count). The van der Waals surface area contributed by atoms with Crippen LogP contribution in [0.4, 0.5) is 0 Å². The third-order valence-electron chi connectivity index (χ3n) is 2.80. The molecular weight excluding hydrogens is 242 g/mol. The molecule has 0 aliphatic carbocycles. The molecule has 0 atom stereocenters. The van der Waals surface area contributed by atoms with Gasteiger partial charge in [0.1, 0.15) is 0 Å². The second-order valence-electron chi connectivity index (χ2n) is 4.36. The summed E-state index contributed by atoms with van der Waals surface area (Å²) in [7, 11) is 3.37. The Labute approximate surface area is 116 Å². The molecule has 0 radical (unpaired) electrons. The molecule has 0 unspecified atom stereocenters. The molecule has 0 aliphatic heterocycles. The van der Waals surface area contributed by atoms with E-state index in [1.54, 1.807) is 14.2 Å². The normalized spacial score (nSPS) is 10.5. The van der Waals surface area contributed by atoms with Crippen molar-refractivity contribution >= 4 is 0 Å². The van der Waals surface area contributed by atoms with Crippen LogP contribution in [0.5, 0.6) is 11.5 Å². The van der Waals surface area contributed by atoms with Gasteiger partial charge in [0.2, 0.25) is 0 Å². The van der Waals surface area contributed by atoms with Crippen molar-refractivity contribution in [2.24, 2.45) is 0 Å². The van der Waals surface area contributed by atoms with Crippen LogP contribution in [0.25, 0.3) is 0 Å². The van der Waals surface area contributed by atoms with Crippen LogP contribution in [-0.4, -0.2) is 34.0 Å². The van der Waals surface area contributed by atoms with E-state index >= 15 is 0 Å². The summed E-state index contributed by atoms with van der Waals surface area (Å²) in [6.07, 6.45) is 2.19. The molecule has 0 saturated heterocycles. The van der Waals surface area contributed by atoms with Crippen LogP contribution in [0, 0.1) is 0 Å². The van der Waals surface area contributed by atoms with Gasteiger partial charge in [-0.25, -0.2) is 0 Å². The molecule has 1 aromatic rings. The van der Waals surface area contributed by atoms with E-state index in [-0.39, 0.29) is 0 Å². The molecule has 19 heavy (non-hydrogen) atoms. The van der Waals surface area contributed by atoms with E-state index in [1.807, 2.05) is 12.1 Å². The maximum Gasteiger partial charge on any atom is 0.161 e. The molecule has 0 aliphatic rings. The Morgan fingerprint density at radius 1 is 1.11 bits per heavy atom. The Morgan fingerprint density at radius 3 is 2.63 bits per heavy atom. The lowest BCUT2D eigenvalue weighted by Crippen LogP contribution is -2.18. The van der Waals surface area contributed by atoms with E-state index in [1.165, 1.54) is 5.56 Å². The van der Waals surface area contributed by atoms with Crippen LogP contribution in [0.3, 0.4) is 0 Å². The lowest BCUT2D eigenvalue weighted by molar-refractivity contribution is 0.199. The number of hydrogen-bond acceptors (Lipinski definition) is 4. The molecule has 1 aromatic carbocycles. The van der Waals surface area contributed by atoms with Gasteiger partial charge < -0.3 is 19.5 Å². The van der Waals surface area contributed by atoms with Crippen molar-refractivity contribution in [3.63, 3.8) is 0 Å². The summed E-state index contributed by atoms with van der Waals surface area (Å²) in [5.74, 6) is 1.61. The number of benzene rings is 1. The van der Waals surface area contributed by atoms with Crippen molar-refractivity contribution in [2.75, 3.05) is 34.0 Å². The largest absolute Gasteiger partial charge is 0.493 e. The highest BCUT2D eigenvalue weighted by Gasteiger charge is 2.05. The molecule has 0 heterocycles. The first-order chi connectivity index (χ1) is 9.31. The van der Waals surface area contributed by atoms with Crippen molar-refractivity contribution in [3.05, 3.63) is 23.8 Å². The molecule has 0 amide bonds. The van der Waals surface area contributed by atoms with Crippen LogP contribution in [0.2, 0.25) is 0 Å². The van der Waals surface area contributed by atoms with Gasteiger partial charge in [0, 0.05) is 20.2 Å². The first kappa shape index (κ1) is 15.8. The highest BCUT2D eigenvalue weighted by atomic mass is 16.5. The maximum absolute atomic E-state index is 5.70. The zero-order valence-electron chi connectivity index (χ0n) is 12.2. The van der Waals surface area contributed by atoms with Gasteiger partial charge in [-0.2, -0.15) is 0 Å². The van der Waals surface area contributed by atoms with Crippen LogP contribution in [-0.2, 0) is 11.3 Å². The van der Waals surface area contributed by atoms with Crippen LogP contribution in [0.1, 0.15) is 25.3 Å². The van der Waals surface area contributed by atoms with E-state index in [2.05, 4.69) is 18.3 Å². The summed E-state index contributed by atoms with van der Waals surface area (Å²) in [6, 6.07) is 6.05. The highest BCUT2D eigenvalue weighted by molar-refractivity contribution is 5.42. The second-order valence-corrected chi connectivity index (χ2v) is 4.36. The number of methoxy groups -OCH3 is 2. The molecule has 0 spiro atoms. The SMILES string of the molecule is CCCCOc1ccc(CNCCOC)cc1OC. The van der Waals surface area contributed by atoms with Gasteiger partial charge in [-0.1, -0.05) is 19.4 Å². The van der Waals surface area contributed by atoms with Gasteiger partial charge >= 0.3 is 0 Å². The molecule has 0 bridgehead atoms. The Bertz CT molecular complexity index is 355. The fraction of sp³-hybridized carbons (Fsp3) is 0.600. The van der Waals surface area contributed by atoms with Crippen molar-refractivity contribution in [3.8, 4) is 11.5 Å². The number of nitrogens with one attached hydrogen (secondary N) is 1. The van der Waals surface area contributed by atoms with Gasteiger partial charge in [-0.3, -0.25) is 0 Å². The standard InChI is InChI=1S/C15H25NO3/c1-4-5-9-19-14-7-6-13(11-15(14)18-3)12-16-8-10-17-2/h6-7,11,16H,4-5,8-10,12H2,1-3H3. The number of rotatable bonds is 10. The summed E-state index contributed by atoms with van der Waals surface area (Å²) in [4.78, 5) is 0. The fourth-order valence-corrected chi connectivity index (χ4v) is 1.67. The lowest BCUT2D eigenvalue weighted by atomic mass is 10.2. The zero-order valence-corrected chi connectivity index (χ0v) is 12.2. The average Bonchev–Trinajstić information content (AvgIpc) is 2.45. The third kappa shape index (κ3) is 5.94. The van der Waals surface area contributed by atoms with E-state index < -0.39 is 0 Å². The van der Waals surface area contributed by atoms with Gasteiger partial charge in [-0.15, -0.1) is 0 Å². The summed E-state index contributed by atoms with van der Waals surface area (Å²) < 4.78 is 16.1. The minimum absolute atomic E-state index is 0.718. The Balaban J connectivity index is 2.51. The van der Waals surface area contributed by atoms with Crippen molar-refractivity contribution in [1.82, 2.24) is 5.32 Å². The zero-order chi connectivity index (χ0) is 13.9. The predicted octanol–water partition coefficient (Wildman–Crippen LogP) is 2.61. The molecule has 4 nitrogen and oxygen atoms in total. The molecular formula is C15H25NO3. The second kappa shape index (κ2) is 9.64. The van der Waals surface area contributed by atoms with Crippen LogP contribution >= 0.6 is 0 Å². The minimum atomic E-state index is 0.718. The smallest absolute Gasteiger partial charge is 0.161 e. The molecule has 0 aromatic heterocycles. The van der Waals surface area contributed by atoms with Gasteiger partial charge in [0.15, 0.2) is 11.5 Å². The predicted molar refractivity (Wildman–Crippen MR) is 77.0 cm³/mol. The monoisotopic (exact) mass is 267 g/mol. The summed E-state index contributed by atoms with van der Waals surface area (Å²) in [6.45, 7) is 5.24. The summed E-state index contributed by atoms with van der Waals surface area (Å²) in [5, 5.41) is 3.30. The Hall–Kier alpha value is -1.26. The van der Waals surface area contributed by atoms with Crippen molar-refractivity contribution in [2.45, 2.75) is 26.3 Å². The molecule has 0 saturated carbocycles. The van der Waals surface area contributed by atoms with Gasteiger partial charge in [0.25, 0.3) is 0 Å². The molecule has 0 fully saturated rings. The number of ether oxygens (including phenoxy) is 3. The first-order valence-electron chi connectivity index (χ1n) is 6.81. The van der Waals surface area contributed by atoms with Crippen molar-refractivity contribution in [1.29, 1.82) is 0 Å². The highest BCUT2D eigenvalue weighted by Crippen LogP contribution is 2.28. The van der Waals surface area contributed by atoms with E-state index in [0.29, 0.717) is 0 Å². The van der Waals surface area contributed by atoms with Crippen molar-refractivity contribution < 1.29 is 14.2 Å². The van der Waals surface area contributed by atoms with Gasteiger partial charge in [0.05, 0.1) is 20.3 Å². The first-order valence-corrected chi connectivity index (χ1v) is 6.81. The van der Waals surface area contributed by atoms with E-state index in [4.69, 9.17) is 14.2 Å².